The molecule has 1 unspecified atom stereocenters. The summed E-state index contributed by atoms with van der Waals surface area (Å²) in [7, 11) is 1.77. The van der Waals surface area contributed by atoms with Crippen LogP contribution in [-0.4, -0.2) is 43.7 Å². The van der Waals surface area contributed by atoms with Crippen LogP contribution in [-0.2, 0) is 9.53 Å². The van der Waals surface area contributed by atoms with Crippen molar-refractivity contribution in [2.75, 3.05) is 31.7 Å². The fraction of sp³-hybridized carbons (Fsp3) is 0.500. The molecule has 1 saturated heterocycles. The van der Waals surface area contributed by atoms with Crippen LogP contribution in [0.3, 0.4) is 0 Å². The third kappa shape index (κ3) is 2.03. The second-order valence-electron chi connectivity index (χ2n) is 3.46. The van der Waals surface area contributed by atoms with Crippen molar-refractivity contribution < 1.29 is 9.53 Å². The quantitative estimate of drug-likeness (QED) is 0.719. The summed E-state index contributed by atoms with van der Waals surface area (Å²) in [5, 5.41) is 2.96. The number of amides is 1. The molecule has 15 heavy (non-hydrogen) atoms. The number of anilines is 1. The van der Waals surface area contributed by atoms with E-state index in [1.54, 1.807) is 11.9 Å². The van der Waals surface area contributed by atoms with Gasteiger partial charge < -0.3 is 15.0 Å². The number of rotatable bonds is 2. The molecular formula is C10H15N3O2. The van der Waals surface area contributed by atoms with E-state index in [9.17, 15) is 4.79 Å². The van der Waals surface area contributed by atoms with E-state index < -0.39 is 0 Å². The summed E-state index contributed by atoms with van der Waals surface area (Å²) in [6.07, 6.45) is 1.81. The molecule has 2 N–H and O–H groups in total. The van der Waals surface area contributed by atoms with Gasteiger partial charge in [-0.15, -0.1) is 0 Å². The van der Waals surface area contributed by atoms with E-state index in [4.69, 9.17) is 4.74 Å². The highest BCUT2D eigenvalue weighted by molar-refractivity contribution is 5.96. The number of H-pyrrole nitrogens is 1. The highest BCUT2D eigenvalue weighted by atomic mass is 16.5. The van der Waals surface area contributed by atoms with Gasteiger partial charge in [0.05, 0.1) is 19.8 Å². The van der Waals surface area contributed by atoms with E-state index in [0.717, 1.165) is 5.82 Å². The molecule has 0 saturated carbocycles. The van der Waals surface area contributed by atoms with Crippen molar-refractivity contribution >= 4 is 11.7 Å². The molecule has 82 valence electrons. The van der Waals surface area contributed by atoms with Crippen LogP contribution in [0.1, 0.15) is 0 Å². The van der Waals surface area contributed by atoms with Crippen LogP contribution in [0.4, 0.5) is 5.82 Å². The monoisotopic (exact) mass is 209 g/mol. The first-order chi connectivity index (χ1) is 7.33. The highest BCUT2D eigenvalue weighted by Crippen LogP contribution is 2.13. The van der Waals surface area contributed by atoms with Gasteiger partial charge in [0, 0.05) is 6.20 Å². The Labute approximate surface area is 88.4 Å². The lowest BCUT2D eigenvalue weighted by Crippen LogP contribution is -2.46. The zero-order valence-corrected chi connectivity index (χ0v) is 8.69. The summed E-state index contributed by atoms with van der Waals surface area (Å²) in [5.74, 6) is 0.878. The lowest BCUT2D eigenvalue weighted by Gasteiger charge is -2.21. The van der Waals surface area contributed by atoms with Crippen LogP contribution in [0.15, 0.2) is 18.3 Å². The summed E-state index contributed by atoms with van der Waals surface area (Å²) in [6.45, 7) is 1.60. The Bertz CT molecular complexity index is 323. The van der Waals surface area contributed by atoms with Crippen molar-refractivity contribution in [3.8, 4) is 0 Å². The Morgan fingerprint density at radius 2 is 2.53 bits per heavy atom. The number of hydrogen-bond donors (Lipinski definition) is 2. The molecule has 1 aliphatic heterocycles. The minimum atomic E-state index is -0.254. The van der Waals surface area contributed by atoms with Crippen molar-refractivity contribution in [2.24, 2.45) is 0 Å². The first kappa shape index (κ1) is 10.2. The van der Waals surface area contributed by atoms with Gasteiger partial charge in [0.25, 0.3) is 0 Å². The fourth-order valence-electron chi connectivity index (χ4n) is 1.66. The predicted molar refractivity (Wildman–Crippen MR) is 56.8 cm³/mol. The summed E-state index contributed by atoms with van der Waals surface area (Å²) in [4.78, 5) is 16.8. The Hall–Kier alpha value is -1.33. The SMILES string of the molecule is CNC1COCCN(c2ccc[nH]2)C1=O. The van der Waals surface area contributed by atoms with E-state index >= 15 is 0 Å². The van der Waals surface area contributed by atoms with Crippen LogP contribution in [0.2, 0.25) is 0 Å². The summed E-state index contributed by atoms with van der Waals surface area (Å²) in [6, 6.07) is 3.51. The molecule has 0 aliphatic carbocycles. The first-order valence-corrected chi connectivity index (χ1v) is 5.02. The molecule has 0 radical (unpaired) electrons. The zero-order chi connectivity index (χ0) is 10.7. The number of ether oxygens (including phenoxy) is 1. The van der Waals surface area contributed by atoms with E-state index in [1.165, 1.54) is 0 Å². The lowest BCUT2D eigenvalue weighted by molar-refractivity contribution is -0.120. The molecule has 1 fully saturated rings. The van der Waals surface area contributed by atoms with Gasteiger partial charge in [-0.3, -0.25) is 9.69 Å². The zero-order valence-electron chi connectivity index (χ0n) is 8.69. The molecule has 1 aromatic rings. The third-order valence-corrected chi connectivity index (χ3v) is 2.53. The molecular weight excluding hydrogens is 194 g/mol. The number of likely N-dealkylation sites (N-methyl/N-ethyl adjacent to an activating group) is 1. The summed E-state index contributed by atoms with van der Waals surface area (Å²) >= 11 is 0. The molecule has 2 rings (SSSR count). The van der Waals surface area contributed by atoms with E-state index in [1.807, 2.05) is 18.3 Å². The maximum Gasteiger partial charge on any atom is 0.247 e. The van der Waals surface area contributed by atoms with Gasteiger partial charge in [-0.2, -0.15) is 0 Å². The van der Waals surface area contributed by atoms with Gasteiger partial charge in [0.15, 0.2) is 0 Å². The van der Waals surface area contributed by atoms with Crippen molar-refractivity contribution in [1.82, 2.24) is 10.3 Å². The van der Waals surface area contributed by atoms with Crippen LogP contribution < -0.4 is 10.2 Å². The molecule has 0 aromatic carbocycles. The number of nitrogens with one attached hydrogen (secondary N) is 2. The maximum absolute atomic E-state index is 12.0. The molecule has 5 nitrogen and oxygen atoms in total. The molecule has 1 amide bonds. The highest BCUT2D eigenvalue weighted by Gasteiger charge is 2.27. The van der Waals surface area contributed by atoms with Crippen molar-refractivity contribution in [2.45, 2.75) is 6.04 Å². The minimum Gasteiger partial charge on any atom is -0.377 e. The molecule has 2 heterocycles. The fourth-order valence-corrected chi connectivity index (χ4v) is 1.66. The Morgan fingerprint density at radius 3 is 3.20 bits per heavy atom. The molecule has 1 aromatic heterocycles. The van der Waals surface area contributed by atoms with Crippen LogP contribution in [0, 0.1) is 0 Å². The number of carbonyl (C=O) groups is 1. The average molecular weight is 209 g/mol. The second-order valence-corrected chi connectivity index (χ2v) is 3.46. The maximum atomic E-state index is 12.0. The second kappa shape index (κ2) is 4.46. The predicted octanol–water partition coefficient (Wildman–Crippen LogP) is -0.0341. The third-order valence-electron chi connectivity index (χ3n) is 2.53. The largest absolute Gasteiger partial charge is 0.377 e. The standard InChI is InChI=1S/C10H15N3O2/c1-11-8-7-15-6-5-13(10(8)14)9-3-2-4-12-9/h2-4,8,11-12H,5-7H2,1H3. The van der Waals surface area contributed by atoms with Crippen molar-refractivity contribution in [1.29, 1.82) is 0 Å². The number of nitrogens with zero attached hydrogens (tertiary/aromatic N) is 1. The van der Waals surface area contributed by atoms with Crippen LogP contribution in [0.5, 0.6) is 0 Å². The van der Waals surface area contributed by atoms with E-state index in [-0.39, 0.29) is 11.9 Å². The van der Waals surface area contributed by atoms with Gasteiger partial charge in [-0.05, 0) is 19.2 Å². The summed E-state index contributed by atoms with van der Waals surface area (Å²) < 4.78 is 5.36. The topological polar surface area (TPSA) is 57.4 Å². The van der Waals surface area contributed by atoms with E-state index in [0.29, 0.717) is 19.8 Å². The normalized spacial score (nSPS) is 22.9. The van der Waals surface area contributed by atoms with Crippen molar-refractivity contribution in [3.05, 3.63) is 18.3 Å². The Kier molecular flexibility index (Phi) is 3.03. The minimum absolute atomic E-state index is 0.0532. The van der Waals surface area contributed by atoms with Gasteiger partial charge in [-0.25, -0.2) is 0 Å². The number of aromatic amines is 1. The number of hydrogen-bond acceptors (Lipinski definition) is 3. The Morgan fingerprint density at radius 1 is 1.67 bits per heavy atom. The number of carbonyl (C=O) groups excluding carboxylic acids is 1. The molecule has 5 heteroatoms. The van der Waals surface area contributed by atoms with Crippen LogP contribution >= 0.6 is 0 Å². The Balaban J connectivity index is 2.19. The smallest absolute Gasteiger partial charge is 0.247 e. The molecule has 0 bridgehead atoms. The first-order valence-electron chi connectivity index (χ1n) is 5.02. The lowest BCUT2D eigenvalue weighted by atomic mass is 10.3. The van der Waals surface area contributed by atoms with Gasteiger partial charge in [0.2, 0.25) is 5.91 Å². The average Bonchev–Trinajstić information content (AvgIpc) is 2.70. The van der Waals surface area contributed by atoms with Gasteiger partial charge in [-0.1, -0.05) is 0 Å². The molecule has 1 atom stereocenters. The molecule has 1 aliphatic rings. The van der Waals surface area contributed by atoms with E-state index in [2.05, 4.69) is 10.3 Å². The van der Waals surface area contributed by atoms with Crippen LogP contribution in [0.25, 0.3) is 0 Å². The number of aromatic nitrogens is 1. The van der Waals surface area contributed by atoms with Gasteiger partial charge >= 0.3 is 0 Å². The van der Waals surface area contributed by atoms with Gasteiger partial charge in [0.1, 0.15) is 11.9 Å². The van der Waals surface area contributed by atoms with Crippen molar-refractivity contribution in [3.63, 3.8) is 0 Å². The molecule has 0 spiro atoms. The summed E-state index contributed by atoms with van der Waals surface area (Å²) in [5.41, 5.74) is 0.